The minimum atomic E-state index is -0.247. The molecule has 4 nitrogen and oxygen atoms in total. The van der Waals surface area contributed by atoms with E-state index in [0.717, 1.165) is 25.3 Å². The molecule has 5 heteroatoms. The lowest BCUT2D eigenvalue weighted by Gasteiger charge is -2.22. The summed E-state index contributed by atoms with van der Waals surface area (Å²) in [5.74, 6) is 0.559. The molecule has 1 aromatic rings. The molecule has 0 radical (unpaired) electrons. The van der Waals surface area contributed by atoms with E-state index >= 15 is 0 Å². The van der Waals surface area contributed by atoms with Crippen molar-refractivity contribution in [3.63, 3.8) is 0 Å². The van der Waals surface area contributed by atoms with Crippen LogP contribution in [-0.4, -0.2) is 51.0 Å². The number of aromatic hydroxyl groups is 2. The first kappa shape index (κ1) is 15.2. The van der Waals surface area contributed by atoms with Gasteiger partial charge in [0.15, 0.2) is 17.3 Å². The lowest BCUT2D eigenvalue weighted by molar-refractivity contribution is 0.0933. The van der Waals surface area contributed by atoms with Gasteiger partial charge in [0.2, 0.25) is 0 Å². The van der Waals surface area contributed by atoms with E-state index in [0.29, 0.717) is 12.1 Å². The molecule has 0 aliphatic carbocycles. The Morgan fingerprint density at radius 2 is 2.05 bits per heavy atom. The van der Waals surface area contributed by atoms with Crippen LogP contribution in [0.5, 0.6) is 11.5 Å². The monoisotopic (exact) mass is 295 g/mol. The maximum absolute atomic E-state index is 12.2. The molecule has 0 unspecified atom stereocenters. The van der Waals surface area contributed by atoms with Gasteiger partial charge in [-0.2, -0.15) is 11.8 Å². The molecule has 0 amide bonds. The zero-order chi connectivity index (χ0) is 14.8. The summed E-state index contributed by atoms with van der Waals surface area (Å²) in [6.45, 7) is 6.66. The highest BCUT2D eigenvalue weighted by Gasteiger charge is 2.24. The minimum absolute atomic E-state index is 0.0231. The van der Waals surface area contributed by atoms with Crippen molar-refractivity contribution in [2.45, 2.75) is 25.0 Å². The molecule has 0 saturated carbocycles. The molecule has 1 fully saturated rings. The lowest BCUT2D eigenvalue weighted by atomic mass is 10.1. The molecule has 2 N–H and O–H groups in total. The highest BCUT2D eigenvalue weighted by atomic mass is 32.2. The van der Waals surface area contributed by atoms with Crippen molar-refractivity contribution >= 4 is 17.5 Å². The first-order chi connectivity index (χ1) is 9.37. The SMILES string of the molecule is CC1(C)CCN(CC(=O)c2ccc(O)c(O)c2)CCS1. The number of nitrogens with zero attached hydrogens (tertiary/aromatic N) is 1. The largest absolute Gasteiger partial charge is 0.504 e. The van der Waals surface area contributed by atoms with Gasteiger partial charge in [-0.1, -0.05) is 13.8 Å². The molecule has 20 heavy (non-hydrogen) atoms. The molecular formula is C15H21NO3S. The van der Waals surface area contributed by atoms with Crippen LogP contribution >= 0.6 is 11.8 Å². The summed E-state index contributed by atoms with van der Waals surface area (Å²) in [6, 6.07) is 4.23. The molecule has 2 rings (SSSR count). The van der Waals surface area contributed by atoms with E-state index in [-0.39, 0.29) is 22.0 Å². The third-order valence-corrected chi connectivity index (χ3v) is 4.97. The fourth-order valence-electron chi connectivity index (χ4n) is 2.21. The number of phenolic OH excluding ortho intramolecular Hbond substituents is 2. The van der Waals surface area contributed by atoms with Gasteiger partial charge in [-0.25, -0.2) is 0 Å². The number of carbonyl (C=O) groups is 1. The summed E-state index contributed by atoms with van der Waals surface area (Å²) < 4.78 is 0.272. The van der Waals surface area contributed by atoms with Crippen molar-refractivity contribution in [2.24, 2.45) is 0 Å². The zero-order valence-corrected chi connectivity index (χ0v) is 12.7. The van der Waals surface area contributed by atoms with Gasteiger partial charge in [-0.3, -0.25) is 9.69 Å². The van der Waals surface area contributed by atoms with Crippen molar-refractivity contribution in [2.75, 3.05) is 25.4 Å². The minimum Gasteiger partial charge on any atom is -0.504 e. The number of Topliss-reactive ketones (excluding diaryl/α,β-unsaturated/α-hetero) is 1. The number of hydrogen-bond donors (Lipinski definition) is 2. The summed E-state index contributed by atoms with van der Waals surface area (Å²) in [4.78, 5) is 14.4. The molecule has 1 aromatic carbocycles. The van der Waals surface area contributed by atoms with Gasteiger partial charge in [-0.05, 0) is 31.2 Å². The van der Waals surface area contributed by atoms with Crippen molar-refractivity contribution in [1.82, 2.24) is 4.90 Å². The summed E-state index contributed by atoms with van der Waals surface area (Å²) in [5.41, 5.74) is 0.441. The predicted octanol–water partition coefficient (Wildman–Crippen LogP) is 2.50. The fourth-order valence-corrected chi connectivity index (χ4v) is 3.35. The van der Waals surface area contributed by atoms with Crippen LogP contribution in [-0.2, 0) is 0 Å². The molecule has 1 aliphatic rings. The van der Waals surface area contributed by atoms with Crippen LogP contribution in [0.4, 0.5) is 0 Å². The molecule has 1 aliphatic heterocycles. The van der Waals surface area contributed by atoms with Crippen molar-refractivity contribution < 1.29 is 15.0 Å². The highest BCUT2D eigenvalue weighted by molar-refractivity contribution is 8.00. The van der Waals surface area contributed by atoms with Gasteiger partial charge < -0.3 is 10.2 Å². The average molecular weight is 295 g/mol. The molecule has 0 bridgehead atoms. The smallest absolute Gasteiger partial charge is 0.176 e. The van der Waals surface area contributed by atoms with Crippen LogP contribution < -0.4 is 0 Å². The fraction of sp³-hybridized carbons (Fsp3) is 0.533. The first-order valence-corrected chi connectivity index (χ1v) is 7.77. The number of carbonyl (C=O) groups excluding carboxylic acids is 1. The van der Waals surface area contributed by atoms with Crippen LogP contribution in [0.15, 0.2) is 18.2 Å². The third kappa shape index (κ3) is 3.90. The Morgan fingerprint density at radius 3 is 2.75 bits per heavy atom. The molecule has 1 heterocycles. The molecule has 0 aromatic heterocycles. The Bertz CT molecular complexity index is 502. The van der Waals surface area contributed by atoms with E-state index in [1.54, 1.807) is 6.07 Å². The number of phenols is 2. The van der Waals surface area contributed by atoms with Gasteiger partial charge in [-0.15, -0.1) is 0 Å². The van der Waals surface area contributed by atoms with Crippen LogP contribution in [0, 0.1) is 0 Å². The standard InChI is InChI=1S/C15H21NO3S/c1-15(2)5-6-16(7-8-20-15)10-14(19)11-3-4-12(17)13(18)9-11/h3-4,9,17-18H,5-8,10H2,1-2H3. The number of ketones is 1. The molecule has 1 saturated heterocycles. The maximum atomic E-state index is 12.2. The Balaban J connectivity index is 1.99. The Labute approximate surface area is 123 Å². The van der Waals surface area contributed by atoms with Crippen LogP contribution in [0.2, 0.25) is 0 Å². The second-order valence-corrected chi connectivity index (χ2v) is 7.56. The lowest BCUT2D eigenvalue weighted by Crippen LogP contribution is -2.32. The number of thioether (sulfide) groups is 1. The van der Waals surface area contributed by atoms with Crippen LogP contribution in [0.25, 0.3) is 0 Å². The van der Waals surface area contributed by atoms with E-state index < -0.39 is 0 Å². The number of hydrogen-bond acceptors (Lipinski definition) is 5. The summed E-state index contributed by atoms with van der Waals surface area (Å²) in [6.07, 6.45) is 1.06. The molecule has 110 valence electrons. The first-order valence-electron chi connectivity index (χ1n) is 6.79. The zero-order valence-electron chi connectivity index (χ0n) is 11.9. The summed E-state index contributed by atoms with van der Waals surface area (Å²) in [7, 11) is 0. The van der Waals surface area contributed by atoms with Crippen LogP contribution in [0.1, 0.15) is 30.6 Å². The second kappa shape index (κ2) is 6.06. The Hall–Kier alpha value is -1.20. The van der Waals surface area contributed by atoms with E-state index in [1.807, 2.05) is 11.8 Å². The molecule has 0 spiro atoms. The van der Waals surface area contributed by atoms with E-state index in [1.165, 1.54) is 12.1 Å². The summed E-state index contributed by atoms with van der Waals surface area (Å²) >= 11 is 1.95. The molecule has 0 atom stereocenters. The normalized spacial score (nSPS) is 19.5. The van der Waals surface area contributed by atoms with Crippen LogP contribution in [0.3, 0.4) is 0 Å². The maximum Gasteiger partial charge on any atom is 0.176 e. The predicted molar refractivity (Wildman–Crippen MR) is 81.7 cm³/mol. The van der Waals surface area contributed by atoms with Gasteiger partial charge in [0.1, 0.15) is 0 Å². The third-order valence-electron chi connectivity index (χ3n) is 3.60. The Morgan fingerprint density at radius 1 is 1.30 bits per heavy atom. The highest BCUT2D eigenvalue weighted by Crippen LogP contribution is 2.31. The van der Waals surface area contributed by atoms with Crippen molar-refractivity contribution in [1.29, 1.82) is 0 Å². The van der Waals surface area contributed by atoms with Crippen molar-refractivity contribution in [3.05, 3.63) is 23.8 Å². The van der Waals surface area contributed by atoms with E-state index in [2.05, 4.69) is 18.7 Å². The second-order valence-electron chi connectivity index (χ2n) is 5.76. The number of rotatable bonds is 3. The van der Waals surface area contributed by atoms with E-state index in [9.17, 15) is 15.0 Å². The number of benzene rings is 1. The van der Waals surface area contributed by atoms with Crippen molar-refractivity contribution in [3.8, 4) is 11.5 Å². The van der Waals surface area contributed by atoms with Gasteiger partial charge in [0.25, 0.3) is 0 Å². The van der Waals surface area contributed by atoms with Gasteiger partial charge >= 0.3 is 0 Å². The quantitative estimate of drug-likeness (QED) is 0.663. The Kier molecular flexibility index (Phi) is 4.60. The van der Waals surface area contributed by atoms with Gasteiger partial charge in [0.05, 0.1) is 6.54 Å². The van der Waals surface area contributed by atoms with Gasteiger partial charge in [0, 0.05) is 22.6 Å². The topological polar surface area (TPSA) is 60.8 Å². The molecular weight excluding hydrogens is 274 g/mol. The average Bonchev–Trinajstić information content (AvgIpc) is 2.54. The van der Waals surface area contributed by atoms with E-state index in [4.69, 9.17) is 0 Å². The summed E-state index contributed by atoms with van der Waals surface area (Å²) in [5, 5.41) is 18.7.